The normalized spacial score (nSPS) is 24.2. The second-order valence-corrected chi connectivity index (χ2v) is 7.19. The molecule has 1 aromatic heterocycles. The third-order valence-corrected chi connectivity index (χ3v) is 5.13. The second-order valence-electron chi connectivity index (χ2n) is 5.39. The van der Waals surface area contributed by atoms with Crippen LogP contribution in [-0.2, 0) is 16.1 Å². The summed E-state index contributed by atoms with van der Waals surface area (Å²) < 4.78 is 6.20. The van der Waals surface area contributed by atoms with Gasteiger partial charge < -0.3 is 15.0 Å². The lowest BCUT2D eigenvalue weighted by Crippen LogP contribution is -2.56. The fourth-order valence-corrected chi connectivity index (χ4v) is 3.86. The van der Waals surface area contributed by atoms with E-state index in [0.717, 1.165) is 43.6 Å². The number of nitrogens with zero attached hydrogens (tertiary/aromatic N) is 2. The SMILES string of the molecule is O=C(C1COCCN1)N1CCN(Cc2ccc(Cl)s2)CC1. The molecule has 3 rings (SSSR count). The average Bonchev–Trinajstić information content (AvgIpc) is 2.93. The standard InChI is InChI=1S/C14H20ClN3O2S/c15-13-2-1-11(21-13)9-17-4-6-18(7-5-17)14(19)12-10-20-8-3-16-12/h1-2,12,16H,3-10H2. The molecule has 21 heavy (non-hydrogen) atoms. The summed E-state index contributed by atoms with van der Waals surface area (Å²) in [6.45, 7) is 6.27. The maximum Gasteiger partial charge on any atom is 0.242 e. The van der Waals surface area contributed by atoms with Gasteiger partial charge in [0.25, 0.3) is 0 Å². The topological polar surface area (TPSA) is 44.8 Å². The highest BCUT2D eigenvalue weighted by Gasteiger charge is 2.28. The summed E-state index contributed by atoms with van der Waals surface area (Å²) in [7, 11) is 0. The summed E-state index contributed by atoms with van der Waals surface area (Å²) in [5.74, 6) is 0.175. The number of hydrogen-bond acceptors (Lipinski definition) is 5. The molecule has 1 amide bonds. The molecular weight excluding hydrogens is 310 g/mol. The van der Waals surface area contributed by atoms with E-state index in [9.17, 15) is 4.79 Å². The fourth-order valence-electron chi connectivity index (χ4n) is 2.73. The number of halogens is 1. The Kier molecular flexibility index (Phi) is 5.13. The maximum atomic E-state index is 12.4. The van der Waals surface area contributed by atoms with Crippen LogP contribution in [0.1, 0.15) is 4.88 Å². The summed E-state index contributed by atoms with van der Waals surface area (Å²) >= 11 is 7.59. The molecule has 116 valence electrons. The molecule has 3 heterocycles. The predicted molar refractivity (Wildman–Crippen MR) is 83.8 cm³/mol. The quantitative estimate of drug-likeness (QED) is 0.900. The monoisotopic (exact) mass is 329 g/mol. The Balaban J connectivity index is 1.47. The van der Waals surface area contributed by atoms with Crippen molar-refractivity contribution in [1.82, 2.24) is 15.1 Å². The number of nitrogens with one attached hydrogen (secondary N) is 1. The van der Waals surface area contributed by atoms with Crippen molar-refractivity contribution in [1.29, 1.82) is 0 Å². The summed E-state index contributed by atoms with van der Waals surface area (Å²) in [4.78, 5) is 18.0. The van der Waals surface area contributed by atoms with Gasteiger partial charge in [0.2, 0.25) is 5.91 Å². The Morgan fingerprint density at radius 3 is 2.81 bits per heavy atom. The molecule has 0 aromatic carbocycles. The van der Waals surface area contributed by atoms with E-state index in [1.165, 1.54) is 4.88 Å². The van der Waals surface area contributed by atoms with Crippen LogP contribution in [0.2, 0.25) is 4.34 Å². The van der Waals surface area contributed by atoms with Gasteiger partial charge in [0, 0.05) is 44.1 Å². The van der Waals surface area contributed by atoms with Gasteiger partial charge in [-0.25, -0.2) is 0 Å². The number of piperazine rings is 1. The molecule has 7 heteroatoms. The number of carbonyl (C=O) groups is 1. The highest BCUT2D eigenvalue weighted by Crippen LogP contribution is 2.23. The molecule has 0 saturated carbocycles. The van der Waals surface area contributed by atoms with Crippen molar-refractivity contribution < 1.29 is 9.53 Å². The average molecular weight is 330 g/mol. The zero-order chi connectivity index (χ0) is 14.7. The maximum absolute atomic E-state index is 12.4. The van der Waals surface area contributed by atoms with Crippen molar-refractivity contribution in [3.8, 4) is 0 Å². The minimum absolute atomic E-state index is 0.165. The first-order valence-corrected chi connectivity index (χ1v) is 8.48. The van der Waals surface area contributed by atoms with Gasteiger partial charge in [0.15, 0.2) is 0 Å². The molecule has 2 aliphatic heterocycles. The molecule has 2 aliphatic rings. The Bertz CT molecular complexity index is 482. The van der Waals surface area contributed by atoms with Crippen molar-refractivity contribution in [2.24, 2.45) is 0 Å². The lowest BCUT2D eigenvalue weighted by molar-refractivity contribution is -0.138. The summed E-state index contributed by atoms with van der Waals surface area (Å²) in [5.41, 5.74) is 0. The summed E-state index contributed by atoms with van der Waals surface area (Å²) in [5, 5.41) is 3.23. The van der Waals surface area contributed by atoms with Gasteiger partial charge in [-0.15, -0.1) is 11.3 Å². The second kappa shape index (κ2) is 7.07. The van der Waals surface area contributed by atoms with E-state index in [0.29, 0.717) is 13.2 Å². The molecule has 0 aliphatic carbocycles. The molecule has 0 radical (unpaired) electrons. The molecule has 1 N–H and O–H groups in total. The molecule has 1 aromatic rings. The van der Waals surface area contributed by atoms with Gasteiger partial charge in [-0.2, -0.15) is 0 Å². The van der Waals surface area contributed by atoms with E-state index in [2.05, 4.69) is 16.3 Å². The van der Waals surface area contributed by atoms with Crippen molar-refractivity contribution in [2.45, 2.75) is 12.6 Å². The van der Waals surface area contributed by atoms with Crippen LogP contribution in [0, 0.1) is 0 Å². The number of thiophene rings is 1. The predicted octanol–water partition coefficient (Wildman–Crippen LogP) is 1.03. The molecule has 1 atom stereocenters. The zero-order valence-corrected chi connectivity index (χ0v) is 13.5. The molecule has 2 fully saturated rings. The summed E-state index contributed by atoms with van der Waals surface area (Å²) in [6.07, 6.45) is 0. The zero-order valence-electron chi connectivity index (χ0n) is 11.9. The van der Waals surface area contributed by atoms with E-state index < -0.39 is 0 Å². The highest BCUT2D eigenvalue weighted by molar-refractivity contribution is 7.16. The molecule has 0 spiro atoms. The van der Waals surface area contributed by atoms with Crippen molar-refractivity contribution in [3.05, 3.63) is 21.3 Å². The Morgan fingerprint density at radius 1 is 1.38 bits per heavy atom. The van der Waals surface area contributed by atoms with E-state index in [4.69, 9.17) is 16.3 Å². The third-order valence-electron chi connectivity index (χ3n) is 3.91. The van der Waals surface area contributed by atoms with Gasteiger partial charge >= 0.3 is 0 Å². The first kappa shape index (κ1) is 15.2. The first-order chi connectivity index (χ1) is 10.2. The lowest BCUT2D eigenvalue weighted by atomic mass is 10.2. The van der Waals surface area contributed by atoms with Crippen LogP contribution in [0.3, 0.4) is 0 Å². The minimum Gasteiger partial charge on any atom is -0.378 e. The number of rotatable bonds is 3. The van der Waals surface area contributed by atoms with E-state index >= 15 is 0 Å². The van der Waals surface area contributed by atoms with Crippen LogP contribution >= 0.6 is 22.9 Å². The van der Waals surface area contributed by atoms with Gasteiger partial charge in [-0.1, -0.05) is 11.6 Å². The van der Waals surface area contributed by atoms with Crippen molar-refractivity contribution in [2.75, 3.05) is 45.9 Å². The number of carbonyl (C=O) groups excluding carboxylic acids is 1. The number of amides is 1. The molecule has 1 unspecified atom stereocenters. The Morgan fingerprint density at radius 2 is 2.19 bits per heavy atom. The van der Waals surface area contributed by atoms with Crippen LogP contribution in [0.25, 0.3) is 0 Å². The van der Waals surface area contributed by atoms with E-state index in [1.54, 1.807) is 11.3 Å². The Labute approximate surface area is 133 Å². The van der Waals surface area contributed by atoms with Gasteiger partial charge in [0.1, 0.15) is 6.04 Å². The fraction of sp³-hybridized carbons (Fsp3) is 0.643. The lowest BCUT2D eigenvalue weighted by Gasteiger charge is -2.37. The van der Waals surface area contributed by atoms with Crippen LogP contribution < -0.4 is 5.32 Å². The number of hydrogen-bond donors (Lipinski definition) is 1. The summed E-state index contributed by atoms with van der Waals surface area (Å²) in [6, 6.07) is 3.85. The number of ether oxygens (including phenoxy) is 1. The largest absolute Gasteiger partial charge is 0.378 e. The van der Waals surface area contributed by atoms with E-state index in [-0.39, 0.29) is 11.9 Å². The van der Waals surface area contributed by atoms with Gasteiger partial charge in [-0.3, -0.25) is 9.69 Å². The third kappa shape index (κ3) is 3.96. The minimum atomic E-state index is -0.165. The molecular formula is C14H20ClN3O2S. The van der Waals surface area contributed by atoms with Crippen LogP contribution in [0.4, 0.5) is 0 Å². The van der Waals surface area contributed by atoms with E-state index in [1.807, 2.05) is 11.0 Å². The highest BCUT2D eigenvalue weighted by atomic mass is 35.5. The van der Waals surface area contributed by atoms with Gasteiger partial charge in [-0.05, 0) is 12.1 Å². The smallest absolute Gasteiger partial charge is 0.242 e. The van der Waals surface area contributed by atoms with Crippen molar-refractivity contribution >= 4 is 28.8 Å². The molecule has 0 bridgehead atoms. The van der Waals surface area contributed by atoms with Crippen LogP contribution in [0.5, 0.6) is 0 Å². The van der Waals surface area contributed by atoms with Crippen LogP contribution in [-0.4, -0.2) is 67.7 Å². The first-order valence-electron chi connectivity index (χ1n) is 7.29. The van der Waals surface area contributed by atoms with Crippen LogP contribution in [0.15, 0.2) is 12.1 Å². The van der Waals surface area contributed by atoms with Crippen molar-refractivity contribution in [3.63, 3.8) is 0 Å². The molecule has 5 nitrogen and oxygen atoms in total. The molecule has 2 saturated heterocycles. The number of morpholine rings is 1. The van der Waals surface area contributed by atoms with Gasteiger partial charge in [0.05, 0.1) is 17.6 Å². The Hall–Kier alpha value is -0.660.